The fourth-order valence-corrected chi connectivity index (χ4v) is 6.41. The third kappa shape index (κ3) is 7.48. The third-order valence-corrected chi connectivity index (χ3v) is 8.86. The molecular weight excluding hydrogens is 589 g/mol. The van der Waals surface area contributed by atoms with Crippen molar-refractivity contribution in [1.82, 2.24) is 0 Å². The van der Waals surface area contributed by atoms with Gasteiger partial charge < -0.3 is 25.0 Å². The molecule has 4 N–H and O–H groups in total. The summed E-state index contributed by atoms with van der Waals surface area (Å²) in [4.78, 5) is 14.3. The van der Waals surface area contributed by atoms with E-state index in [1.807, 2.05) is 67.6 Å². The number of esters is 1. The molecule has 1 heterocycles. The Bertz CT molecular complexity index is 1530. The molecular formula is C33H37ClFN3O4S. The molecule has 0 saturated carbocycles. The lowest BCUT2D eigenvalue weighted by Crippen LogP contribution is -2.35. The zero-order valence-corrected chi connectivity index (χ0v) is 26.3. The monoisotopic (exact) mass is 625 g/mol. The summed E-state index contributed by atoms with van der Waals surface area (Å²) >= 11 is 7.96. The summed E-state index contributed by atoms with van der Waals surface area (Å²) in [6, 6.07) is 22.1. The first-order valence-electron chi connectivity index (χ1n) is 13.9. The number of hydrazine groups is 1. The Morgan fingerprint density at radius 1 is 1.02 bits per heavy atom. The Balaban J connectivity index is 1.65. The average Bonchev–Trinajstić information content (AvgIpc) is 3.37. The topological polar surface area (TPSA) is 100 Å². The second-order valence-corrected chi connectivity index (χ2v) is 12.4. The molecule has 3 aromatic carbocycles. The molecule has 4 rings (SSSR count). The first-order valence-corrected chi connectivity index (χ1v) is 15.1. The standard InChI is InChI=1S/C33H37ClFN3O4S/c1-5-38(37)26-16-15-25(29(35)30(26)36)28(33(2,3)32(39)42-19-21-9-7-6-8-10-21)27-17-23(31(34)43-27)20-41-18-22-11-13-24(40-4)14-12-22/h6-17,28H,5,18-20,36-37H2,1-4H3. The summed E-state index contributed by atoms with van der Waals surface area (Å²) in [5.41, 5.74) is 8.12. The van der Waals surface area contributed by atoms with Gasteiger partial charge in [-0.15, -0.1) is 11.3 Å². The maximum Gasteiger partial charge on any atom is 0.312 e. The number of anilines is 2. The zero-order valence-electron chi connectivity index (χ0n) is 24.7. The van der Waals surface area contributed by atoms with Crippen LogP contribution in [-0.2, 0) is 34.1 Å². The third-order valence-electron chi connectivity index (χ3n) is 7.35. The lowest BCUT2D eigenvalue weighted by molar-refractivity contribution is -0.156. The van der Waals surface area contributed by atoms with Gasteiger partial charge in [0.2, 0.25) is 0 Å². The predicted molar refractivity (Wildman–Crippen MR) is 171 cm³/mol. The fraction of sp³-hybridized carbons (Fsp3) is 0.303. The number of halogens is 2. The van der Waals surface area contributed by atoms with E-state index in [-0.39, 0.29) is 24.5 Å². The second kappa shape index (κ2) is 14.2. The lowest BCUT2D eigenvalue weighted by atomic mass is 9.73. The molecule has 0 fully saturated rings. The minimum Gasteiger partial charge on any atom is -0.497 e. The molecule has 1 atom stereocenters. The minimum atomic E-state index is -1.20. The molecule has 0 spiro atoms. The highest BCUT2D eigenvalue weighted by molar-refractivity contribution is 7.16. The highest BCUT2D eigenvalue weighted by Crippen LogP contribution is 2.48. The number of nitrogen functional groups attached to an aromatic ring is 1. The highest BCUT2D eigenvalue weighted by Gasteiger charge is 2.43. The fourth-order valence-electron chi connectivity index (χ4n) is 4.84. The summed E-state index contributed by atoms with van der Waals surface area (Å²) in [5.74, 6) is 4.90. The van der Waals surface area contributed by atoms with Gasteiger partial charge in [-0.05, 0) is 61.7 Å². The van der Waals surface area contributed by atoms with Gasteiger partial charge in [0.05, 0.1) is 41.4 Å². The number of nitrogens with two attached hydrogens (primary N) is 2. The van der Waals surface area contributed by atoms with E-state index in [1.165, 1.54) is 16.3 Å². The van der Waals surface area contributed by atoms with Crippen LogP contribution in [0.4, 0.5) is 15.8 Å². The molecule has 1 aromatic heterocycles. The van der Waals surface area contributed by atoms with E-state index in [0.29, 0.717) is 28.1 Å². The summed E-state index contributed by atoms with van der Waals surface area (Å²) < 4.78 is 33.5. The normalized spacial score (nSPS) is 12.2. The zero-order chi connectivity index (χ0) is 31.1. The highest BCUT2D eigenvalue weighted by atomic mass is 35.5. The van der Waals surface area contributed by atoms with Crippen LogP contribution >= 0.6 is 22.9 Å². The predicted octanol–water partition coefficient (Wildman–Crippen LogP) is 7.45. The van der Waals surface area contributed by atoms with Crippen molar-refractivity contribution in [3.8, 4) is 5.75 Å². The van der Waals surface area contributed by atoms with Gasteiger partial charge in [-0.3, -0.25) is 4.79 Å². The number of methoxy groups -OCH3 is 1. The maximum atomic E-state index is 16.1. The van der Waals surface area contributed by atoms with Gasteiger partial charge in [-0.25, -0.2) is 10.2 Å². The Morgan fingerprint density at radius 3 is 2.35 bits per heavy atom. The van der Waals surface area contributed by atoms with Crippen molar-refractivity contribution in [2.24, 2.45) is 11.3 Å². The molecule has 228 valence electrons. The van der Waals surface area contributed by atoms with E-state index < -0.39 is 23.1 Å². The van der Waals surface area contributed by atoms with Crippen LogP contribution in [0.25, 0.3) is 0 Å². The van der Waals surface area contributed by atoms with E-state index in [9.17, 15) is 4.79 Å². The molecule has 0 aliphatic heterocycles. The number of carbonyl (C=O) groups is 1. The molecule has 0 aliphatic carbocycles. The van der Waals surface area contributed by atoms with Crippen LogP contribution in [0.3, 0.4) is 0 Å². The molecule has 0 saturated heterocycles. The number of carbonyl (C=O) groups excluding carboxylic acids is 1. The molecule has 7 nitrogen and oxygen atoms in total. The quantitative estimate of drug-likeness (QED) is 0.0689. The number of ether oxygens (including phenoxy) is 3. The van der Waals surface area contributed by atoms with Crippen molar-refractivity contribution in [3.05, 3.63) is 110 Å². The molecule has 0 radical (unpaired) electrons. The van der Waals surface area contributed by atoms with Crippen molar-refractivity contribution >= 4 is 40.3 Å². The van der Waals surface area contributed by atoms with E-state index in [4.69, 9.17) is 37.4 Å². The van der Waals surface area contributed by atoms with Gasteiger partial charge in [-0.2, -0.15) is 0 Å². The summed E-state index contributed by atoms with van der Waals surface area (Å²) in [7, 11) is 1.62. The number of hydrogen-bond donors (Lipinski definition) is 2. The smallest absolute Gasteiger partial charge is 0.312 e. The van der Waals surface area contributed by atoms with E-state index in [0.717, 1.165) is 22.4 Å². The molecule has 0 aliphatic rings. The largest absolute Gasteiger partial charge is 0.497 e. The summed E-state index contributed by atoms with van der Waals surface area (Å²) in [6.07, 6.45) is 0. The maximum absolute atomic E-state index is 16.1. The van der Waals surface area contributed by atoms with Crippen molar-refractivity contribution in [2.45, 2.75) is 46.5 Å². The van der Waals surface area contributed by atoms with Crippen LogP contribution in [0.5, 0.6) is 5.75 Å². The number of rotatable bonds is 13. The van der Waals surface area contributed by atoms with Crippen LogP contribution < -0.4 is 21.3 Å². The van der Waals surface area contributed by atoms with E-state index >= 15 is 4.39 Å². The first kappa shape index (κ1) is 32.3. The minimum absolute atomic E-state index is 0.0909. The Labute approximate surface area is 261 Å². The summed E-state index contributed by atoms with van der Waals surface area (Å²) in [6.45, 7) is 6.44. The Morgan fingerprint density at radius 2 is 1.70 bits per heavy atom. The molecule has 0 amide bonds. The molecule has 0 bridgehead atoms. The van der Waals surface area contributed by atoms with Crippen molar-refractivity contribution in [2.75, 3.05) is 24.4 Å². The van der Waals surface area contributed by atoms with Crippen LogP contribution in [0.2, 0.25) is 4.34 Å². The lowest BCUT2D eigenvalue weighted by Gasteiger charge is -2.33. The number of nitrogens with zero attached hydrogens (tertiary/aromatic N) is 1. The summed E-state index contributed by atoms with van der Waals surface area (Å²) in [5, 5.41) is 1.37. The molecule has 43 heavy (non-hydrogen) atoms. The van der Waals surface area contributed by atoms with Crippen LogP contribution in [0, 0.1) is 11.2 Å². The number of hydrogen-bond acceptors (Lipinski definition) is 8. The number of benzene rings is 3. The Hall–Kier alpha value is -3.63. The van der Waals surface area contributed by atoms with Gasteiger partial charge in [-0.1, -0.05) is 60.1 Å². The van der Waals surface area contributed by atoms with Crippen LogP contribution in [-0.4, -0.2) is 19.6 Å². The molecule has 4 aromatic rings. The SMILES string of the molecule is CCN(N)c1ccc(C(c2cc(COCc3ccc(OC)cc3)c(Cl)s2)C(C)(C)C(=O)OCc2ccccc2)c(F)c1N. The Kier molecular flexibility index (Phi) is 10.7. The van der Waals surface area contributed by atoms with Gasteiger partial charge in [0, 0.05) is 22.9 Å². The van der Waals surface area contributed by atoms with E-state index in [2.05, 4.69) is 0 Å². The van der Waals surface area contributed by atoms with Crippen LogP contribution in [0.15, 0.2) is 72.8 Å². The molecule has 1 unspecified atom stereocenters. The first-order chi connectivity index (χ1) is 20.6. The van der Waals surface area contributed by atoms with Gasteiger partial charge in [0.25, 0.3) is 0 Å². The van der Waals surface area contributed by atoms with Crippen molar-refractivity contribution in [1.29, 1.82) is 0 Å². The van der Waals surface area contributed by atoms with Gasteiger partial charge >= 0.3 is 5.97 Å². The second-order valence-electron chi connectivity index (χ2n) is 10.7. The number of thiophene rings is 1. The van der Waals surface area contributed by atoms with Gasteiger partial charge in [0.1, 0.15) is 12.4 Å². The van der Waals surface area contributed by atoms with Crippen molar-refractivity contribution in [3.63, 3.8) is 0 Å². The average molecular weight is 626 g/mol. The van der Waals surface area contributed by atoms with E-state index in [1.54, 1.807) is 33.1 Å². The van der Waals surface area contributed by atoms with Crippen molar-refractivity contribution < 1.29 is 23.4 Å². The van der Waals surface area contributed by atoms with Crippen LogP contribution in [0.1, 0.15) is 53.8 Å². The van der Waals surface area contributed by atoms with Gasteiger partial charge in [0.15, 0.2) is 5.82 Å². The molecule has 10 heteroatoms.